The fourth-order valence-corrected chi connectivity index (χ4v) is 9.09. The fraction of sp³-hybridized carbons (Fsp3) is 0. The van der Waals surface area contributed by atoms with Crippen LogP contribution in [0.3, 0.4) is 0 Å². The summed E-state index contributed by atoms with van der Waals surface area (Å²) in [5.74, 6) is 0. The molecule has 1 atom stereocenters. The van der Waals surface area contributed by atoms with Crippen molar-refractivity contribution in [3.05, 3.63) is 54.6 Å². The van der Waals surface area contributed by atoms with Gasteiger partial charge in [0.05, 0.1) is 0 Å². The summed E-state index contributed by atoms with van der Waals surface area (Å²) in [5, 5.41) is 5.02. The zero-order valence-electron chi connectivity index (χ0n) is 8.46. The first kappa shape index (κ1) is 10.7. The zero-order chi connectivity index (χ0) is 11.0. The van der Waals surface area contributed by atoms with E-state index < -0.39 is 4.86 Å². The summed E-state index contributed by atoms with van der Waals surface area (Å²) in [4.78, 5) is -0.0668. The van der Waals surface area contributed by atoms with Crippen molar-refractivity contribution in [2.75, 3.05) is 5.09 Å². The molecule has 80 valence electrons. The Labute approximate surface area is 107 Å². The molecule has 0 radical (unpaired) electrons. The SMILES string of the molecule is [Se]=P1(c2ccccc2)Nc2ccccc2S1. The van der Waals surface area contributed by atoms with E-state index in [1.807, 2.05) is 11.4 Å². The number of rotatable bonds is 1. The van der Waals surface area contributed by atoms with Gasteiger partial charge < -0.3 is 0 Å². The van der Waals surface area contributed by atoms with Crippen LogP contribution in [0.4, 0.5) is 5.69 Å². The summed E-state index contributed by atoms with van der Waals surface area (Å²) in [5.41, 5.74) is 1.25. The first-order chi connectivity index (χ1) is 7.78. The summed E-state index contributed by atoms with van der Waals surface area (Å²) >= 11 is 5.31. The molecule has 4 heteroatoms. The van der Waals surface area contributed by atoms with Crippen LogP contribution in [0.5, 0.6) is 0 Å². The molecule has 1 unspecified atom stereocenters. The molecule has 0 amide bonds. The Morgan fingerprint density at radius 1 is 0.938 bits per heavy atom. The third-order valence-corrected chi connectivity index (χ3v) is 10.4. The molecule has 1 heterocycles. The molecule has 1 N–H and O–H groups in total. The average Bonchev–Trinajstić information content (AvgIpc) is 2.68. The Bertz CT molecular complexity index is 541. The van der Waals surface area contributed by atoms with Crippen molar-refractivity contribution < 1.29 is 0 Å². The van der Waals surface area contributed by atoms with Crippen LogP contribution in [0.2, 0.25) is 0 Å². The van der Waals surface area contributed by atoms with Gasteiger partial charge in [0.1, 0.15) is 0 Å². The number of anilines is 1. The van der Waals surface area contributed by atoms with E-state index in [1.54, 1.807) is 0 Å². The fourth-order valence-electron chi connectivity index (χ4n) is 1.70. The van der Waals surface area contributed by atoms with E-state index in [2.05, 4.69) is 74.8 Å². The predicted octanol–water partition coefficient (Wildman–Crippen LogP) is 3.46. The second-order valence-electron chi connectivity index (χ2n) is 3.59. The summed E-state index contributed by atoms with van der Waals surface area (Å²) in [6, 6.07) is 19.1. The van der Waals surface area contributed by atoms with E-state index in [9.17, 15) is 0 Å². The van der Waals surface area contributed by atoms with E-state index in [-0.39, 0.29) is 0 Å². The minimum absolute atomic E-state index is 1.25. The van der Waals surface area contributed by atoms with E-state index in [4.69, 9.17) is 0 Å². The molecule has 1 nitrogen and oxygen atoms in total. The number of nitrogens with one attached hydrogen (secondary N) is 1. The van der Waals surface area contributed by atoms with Gasteiger partial charge in [-0.2, -0.15) is 0 Å². The molecule has 16 heavy (non-hydrogen) atoms. The van der Waals surface area contributed by atoms with Gasteiger partial charge in [0.25, 0.3) is 0 Å². The molecular formula is C12H10NPSSe. The van der Waals surface area contributed by atoms with Crippen molar-refractivity contribution in [1.82, 2.24) is 0 Å². The molecule has 0 aromatic heterocycles. The molecule has 1 aliphatic heterocycles. The standard InChI is InChI=1S/C12H10NPSSe/c16-14(10-6-2-1-3-7-10)13-11-8-4-5-9-12(11)15-14/h1-9H,(H,13,16). The predicted molar refractivity (Wildman–Crippen MR) is 74.7 cm³/mol. The summed E-state index contributed by atoms with van der Waals surface area (Å²) < 4.78 is 0. The Hall–Kier alpha value is -0.461. The maximum atomic E-state index is 3.65. The average molecular weight is 310 g/mol. The zero-order valence-corrected chi connectivity index (χ0v) is 11.9. The first-order valence-electron chi connectivity index (χ1n) is 5.00. The van der Waals surface area contributed by atoms with Gasteiger partial charge in [0.15, 0.2) is 0 Å². The van der Waals surface area contributed by atoms with Crippen molar-refractivity contribution in [1.29, 1.82) is 0 Å². The molecule has 0 spiro atoms. The summed E-state index contributed by atoms with van der Waals surface area (Å²) in [6.45, 7) is 0. The second kappa shape index (κ2) is 4.09. The second-order valence-corrected chi connectivity index (χ2v) is 13.3. The van der Waals surface area contributed by atoms with E-state index in [1.165, 1.54) is 15.9 Å². The molecule has 3 rings (SSSR count). The molecule has 2 aromatic rings. The van der Waals surface area contributed by atoms with Crippen molar-refractivity contribution in [3.8, 4) is 0 Å². The Morgan fingerprint density at radius 2 is 1.62 bits per heavy atom. The van der Waals surface area contributed by atoms with Crippen LogP contribution in [0.15, 0.2) is 59.5 Å². The van der Waals surface area contributed by atoms with Gasteiger partial charge in [-0.05, 0) is 0 Å². The van der Waals surface area contributed by atoms with Crippen molar-refractivity contribution in [2.45, 2.75) is 4.90 Å². The van der Waals surface area contributed by atoms with Gasteiger partial charge in [-0.15, -0.1) is 0 Å². The van der Waals surface area contributed by atoms with Gasteiger partial charge in [-0.3, -0.25) is 0 Å². The Balaban J connectivity index is 2.04. The minimum atomic E-state index is -1.41. The molecule has 0 aliphatic carbocycles. The summed E-state index contributed by atoms with van der Waals surface area (Å²) in [7, 11) is 0. The van der Waals surface area contributed by atoms with Gasteiger partial charge in [0.2, 0.25) is 0 Å². The van der Waals surface area contributed by atoms with Gasteiger partial charge in [0, 0.05) is 0 Å². The summed E-state index contributed by atoms with van der Waals surface area (Å²) in [6.07, 6.45) is 0. The molecule has 0 bridgehead atoms. The quantitative estimate of drug-likeness (QED) is 0.639. The number of para-hydroxylation sites is 1. The monoisotopic (exact) mass is 311 g/mol. The third-order valence-electron chi connectivity index (χ3n) is 2.48. The first-order valence-corrected chi connectivity index (χ1v) is 10.4. The number of benzene rings is 2. The maximum absolute atomic E-state index is 3.65. The number of hydrogen-bond acceptors (Lipinski definition) is 2. The van der Waals surface area contributed by atoms with Crippen molar-refractivity contribution in [3.63, 3.8) is 0 Å². The number of fused-ring (bicyclic) bond motifs is 1. The Kier molecular flexibility index (Phi) is 2.73. The normalized spacial score (nSPS) is 22.5. The third kappa shape index (κ3) is 1.78. The van der Waals surface area contributed by atoms with E-state index in [0.717, 1.165) is 0 Å². The van der Waals surface area contributed by atoms with E-state index >= 15 is 0 Å². The van der Waals surface area contributed by atoms with Crippen molar-refractivity contribution >= 4 is 42.3 Å². The molecule has 0 fully saturated rings. The van der Waals surface area contributed by atoms with E-state index in [0.29, 0.717) is 0 Å². The Morgan fingerprint density at radius 3 is 2.38 bits per heavy atom. The topological polar surface area (TPSA) is 12.0 Å². The van der Waals surface area contributed by atoms with Crippen LogP contribution >= 0.6 is 16.2 Å². The van der Waals surface area contributed by atoms with Crippen LogP contribution < -0.4 is 10.4 Å². The van der Waals surface area contributed by atoms with Crippen LogP contribution in [0.25, 0.3) is 0 Å². The van der Waals surface area contributed by atoms with Crippen LogP contribution in [-0.4, -0.2) is 15.1 Å². The van der Waals surface area contributed by atoms with Crippen molar-refractivity contribution in [2.24, 2.45) is 0 Å². The molecule has 0 saturated carbocycles. The van der Waals surface area contributed by atoms with Gasteiger partial charge >= 0.3 is 107 Å². The number of hydrogen-bond donors (Lipinski definition) is 1. The van der Waals surface area contributed by atoms with Gasteiger partial charge in [-0.25, -0.2) is 0 Å². The van der Waals surface area contributed by atoms with Crippen LogP contribution in [0.1, 0.15) is 0 Å². The molecular weight excluding hydrogens is 300 g/mol. The molecule has 2 aromatic carbocycles. The van der Waals surface area contributed by atoms with Gasteiger partial charge in [-0.1, -0.05) is 0 Å². The molecule has 0 saturated heterocycles. The molecule has 1 aliphatic rings. The van der Waals surface area contributed by atoms with Crippen LogP contribution in [0, 0.1) is 0 Å². The van der Waals surface area contributed by atoms with Crippen LogP contribution in [-0.2, 0) is 0 Å².